The number of hydrogen-bond acceptors (Lipinski definition) is 8. The maximum Gasteiger partial charge on any atom is 0.252 e. The smallest absolute Gasteiger partial charge is 0.252 e. The largest absolute Gasteiger partial charge is 0.318 e. The maximum atomic E-state index is 13.0. The molecule has 1 atom stereocenters. The van der Waals surface area contributed by atoms with Crippen molar-refractivity contribution in [2.24, 2.45) is 7.05 Å². The summed E-state index contributed by atoms with van der Waals surface area (Å²) in [6, 6.07) is 0. The van der Waals surface area contributed by atoms with Crippen molar-refractivity contribution in [2.45, 2.75) is 55.1 Å². The molecule has 1 N–H and O–H groups in total. The van der Waals surface area contributed by atoms with Gasteiger partial charge in [0.05, 0.1) is 17.3 Å². The molecular formula is C18H25N5O5S2. The minimum atomic E-state index is -3.04. The van der Waals surface area contributed by atoms with Crippen LogP contribution in [0.2, 0.25) is 0 Å². The number of aromatic nitrogens is 3. The van der Waals surface area contributed by atoms with Crippen molar-refractivity contribution in [2.75, 3.05) is 23.8 Å². The molecule has 3 aliphatic rings. The predicted octanol–water partition coefficient (Wildman–Crippen LogP) is -0.00280. The molecule has 2 saturated heterocycles. The number of amides is 3. The molecule has 30 heavy (non-hydrogen) atoms. The third kappa shape index (κ3) is 3.86. The van der Waals surface area contributed by atoms with Crippen molar-refractivity contribution in [1.29, 1.82) is 0 Å². The Bertz CT molecular complexity index is 983. The number of nitrogens with one attached hydrogen (secondary N) is 1. The summed E-state index contributed by atoms with van der Waals surface area (Å²) in [4.78, 5) is 39.0. The summed E-state index contributed by atoms with van der Waals surface area (Å²) in [6.07, 6.45) is 4.34. The Morgan fingerprint density at radius 1 is 1.23 bits per heavy atom. The van der Waals surface area contributed by atoms with Crippen LogP contribution < -0.4 is 5.32 Å². The van der Waals surface area contributed by atoms with Gasteiger partial charge in [-0.15, -0.1) is 10.2 Å². The number of sulfone groups is 1. The lowest BCUT2D eigenvalue weighted by Gasteiger charge is -2.47. The van der Waals surface area contributed by atoms with Crippen LogP contribution in [0.25, 0.3) is 0 Å². The van der Waals surface area contributed by atoms with Gasteiger partial charge in [-0.3, -0.25) is 19.7 Å². The lowest BCUT2D eigenvalue weighted by Crippen LogP contribution is -2.69. The lowest BCUT2D eigenvalue weighted by molar-refractivity contribution is -0.158. The van der Waals surface area contributed by atoms with Gasteiger partial charge in [-0.2, -0.15) is 0 Å². The maximum absolute atomic E-state index is 13.0. The van der Waals surface area contributed by atoms with E-state index in [0.29, 0.717) is 30.2 Å². The van der Waals surface area contributed by atoms with E-state index < -0.39 is 21.3 Å². The molecule has 1 aliphatic carbocycles. The number of piperazine rings is 1. The Balaban J connectivity index is 1.46. The van der Waals surface area contributed by atoms with Crippen molar-refractivity contribution in [3.63, 3.8) is 0 Å². The zero-order valence-corrected chi connectivity index (χ0v) is 18.4. The van der Waals surface area contributed by atoms with Crippen LogP contribution in [0.3, 0.4) is 0 Å². The summed E-state index contributed by atoms with van der Waals surface area (Å²) in [6.45, 7) is -0.116. The number of hydrogen-bond donors (Lipinski definition) is 1. The monoisotopic (exact) mass is 455 g/mol. The summed E-state index contributed by atoms with van der Waals surface area (Å²) < 4.78 is 25.2. The quantitative estimate of drug-likeness (QED) is 0.496. The van der Waals surface area contributed by atoms with Gasteiger partial charge in [0, 0.05) is 13.0 Å². The molecule has 0 radical (unpaired) electrons. The molecule has 10 nitrogen and oxygen atoms in total. The minimum absolute atomic E-state index is 0.0250. The van der Waals surface area contributed by atoms with Crippen LogP contribution in [0, 0.1) is 0 Å². The molecule has 0 aromatic carbocycles. The number of carbonyl (C=O) groups excluding carboxylic acids is 3. The minimum Gasteiger partial charge on any atom is -0.318 e. The van der Waals surface area contributed by atoms with Crippen LogP contribution in [-0.2, 0) is 31.3 Å². The van der Waals surface area contributed by atoms with Crippen LogP contribution in [0.15, 0.2) is 5.16 Å². The van der Waals surface area contributed by atoms with Gasteiger partial charge in [-0.25, -0.2) is 8.42 Å². The summed E-state index contributed by atoms with van der Waals surface area (Å²) in [5, 5.41) is 11.2. The highest BCUT2D eigenvalue weighted by Gasteiger charge is 2.50. The Kier molecular flexibility index (Phi) is 5.64. The van der Waals surface area contributed by atoms with Crippen LogP contribution in [0.5, 0.6) is 0 Å². The SMILES string of the molecule is Cn1c(SCC(=O)N2CC(=O)NC(=O)C23CCCCC3)nnc1[C@@H]1CCS(=O)(=O)C1. The molecule has 4 rings (SSSR count). The average Bonchev–Trinajstić information content (AvgIpc) is 3.25. The molecule has 164 valence electrons. The van der Waals surface area contributed by atoms with Crippen molar-refractivity contribution >= 4 is 39.3 Å². The molecular weight excluding hydrogens is 430 g/mol. The van der Waals surface area contributed by atoms with E-state index in [-0.39, 0.29) is 41.5 Å². The number of imide groups is 1. The molecule has 1 aromatic rings. The van der Waals surface area contributed by atoms with Crippen molar-refractivity contribution in [1.82, 2.24) is 25.0 Å². The fraction of sp³-hybridized carbons (Fsp3) is 0.722. The normalized spacial score (nSPS) is 25.5. The van der Waals surface area contributed by atoms with Crippen molar-refractivity contribution < 1.29 is 22.8 Å². The topological polar surface area (TPSA) is 131 Å². The zero-order chi connectivity index (χ0) is 21.5. The van der Waals surface area contributed by atoms with Gasteiger partial charge >= 0.3 is 0 Å². The first-order chi connectivity index (χ1) is 14.2. The number of carbonyl (C=O) groups is 3. The second-order valence-corrected chi connectivity index (χ2v) is 11.4. The summed E-state index contributed by atoms with van der Waals surface area (Å²) in [5.41, 5.74) is -0.937. The van der Waals surface area contributed by atoms with Gasteiger partial charge < -0.3 is 9.47 Å². The highest BCUT2D eigenvalue weighted by Crippen LogP contribution is 2.36. The van der Waals surface area contributed by atoms with Crippen LogP contribution in [0.4, 0.5) is 0 Å². The Morgan fingerprint density at radius 3 is 2.63 bits per heavy atom. The molecule has 1 saturated carbocycles. The van der Waals surface area contributed by atoms with Crippen LogP contribution in [0.1, 0.15) is 50.3 Å². The first-order valence-corrected chi connectivity index (χ1v) is 12.9. The Labute approximate surface area is 179 Å². The number of thioether (sulfide) groups is 1. The fourth-order valence-corrected chi connectivity index (χ4v) is 7.20. The van der Waals surface area contributed by atoms with E-state index in [1.807, 2.05) is 0 Å². The molecule has 2 aliphatic heterocycles. The molecule has 0 bridgehead atoms. The van der Waals surface area contributed by atoms with Gasteiger partial charge in [-0.05, 0) is 19.3 Å². The van der Waals surface area contributed by atoms with Gasteiger partial charge in [0.25, 0.3) is 5.91 Å². The summed E-state index contributed by atoms with van der Waals surface area (Å²) >= 11 is 1.18. The highest BCUT2D eigenvalue weighted by atomic mass is 32.2. The standard InChI is InChI=1S/C18H25N5O5S2/c1-22-15(12-5-8-30(27,28)11-12)20-21-17(22)29-10-14(25)23-9-13(24)19-16(26)18(23)6-3-2-4-7-18/h12H,2-11H2,1H3,(H,19,24,26)/t12-/m1/s1. The van der Waals surface area contributed by atoms with Crippen molar-refractivity contribution in [3.05, 3.63) is 5.82 Å². The average molecular weight is 456 g/mol. The molecule has 1 spiro atoms. The molecule has 3 amide bonds. The second-order valence-electron chi connectivity index (χ2n) is 8.24. The van der Waals surface area contributed by atoms with E-state index in [0.717, 1.165) is 19.3 Å². The van der Waals surface area contributed by atoms with Gasteiger partial charge in [0.2, 0.25) is 11.8 Å². The first kappa shape index (κ1) is 21.3. The van der Waals surface area contributed by atoms with E-state index in [1.165, 1.54) is 16.7 Å². The van der Waals surface area contributed by atoms with Crippen LogP contribution in [-0.4, -0.2) is 75.1 Å². The van der Waals surface area contributed by atoms with E-state index in [4.69, 9.17) is 0 Å². The first-order valence-electron chi connectivity index (χ1n) is 10.1. The fourth-order valence-electron chi connectivity index (χ4n) is 4.67. The van der Waals surface area contributed by atoms with Gasteiger partial charge in [-0.1, -0.05) is 31.0 Å². The number of rotatable bonds is 4. The predicted molar refractivity (Wildman–Crippen MR) is 108 cm³/mol. The highest BCUT2D eigenvalue weighted by molar-refractivity contribution is 7.99. The summed E-state index contributed by atoms with van der Waals surface area (Å²) in [5.74, 6) is -0.462. The zero-order valence-electron chi connectivity index (χ0n) is 16.8. The molecule has 1 aromatic heterocycles. The Morgan fingerprint density at radius 2 is 1.97 bits per heavy atom. The molecule has 3 fully saturated rings. The van der Waals surface area contributed by atoms with E-state index in [1.54, 1.807) is 11.6 Å². The summed E-state index contributed by atoms with van der Waals surface area (Å²) in [7, 11) is -1.28. The lowest BCUT2D eigenvalue weighted by atomic mass is 9.78. The third-order valence-corrected chi connectivity index (χ3v) is 9.04. The van der Waals surface area contributed by atoms with Crippen molar-refractivity contribution in [3.8, 4) is 0 Å². The Hall–Kier alpha value is -1.95. The second kappa shape index (κ2) is 7.95. The number of nitrogens with zero attached hydrogens (tertiary/aromatic N) is 4. The molecule has 3 heterocycles. The molecule has 12 heteroatoms. The van der Waals surface area contributed by atoms with E-state index in [2.05, 4.69) is 15.5 Å². The molecule has 0 unspecified atom stereocenters. The van der Waals surface area contributed by atoms with E-state index >= 15 is 0 Å². The van der Waals surface area contributed by atoms with Gasteiger partial charge in [0.15, 0.2) is 15.0 Å². The van der Waals surface area contributed by atoms with Gasteiger partial charge in [0.1, 0.15) is 17.9 Å². The van der Waals surface area contributed by atoms with E-state index in [9.17, 15) is 22.8 Å². The van der Waals surface area contributed by atoms with Crippen LogP contribution >= 0.6 is 11.8 Å². The third-order valence-electron chi connectivity index (χ3n) is 6.27.